The summed E-state index contributed by atoms with van der Waals surface area (Å²) >= 11 is 0. The minimum atomic E-state index is -0.128. The van der Waals surface area contributed by atoms with E-state index in [9.17, 15) is 4.79 Å². The lowest BCUT2D eigenvalue weighted by Gasteiger charge is -2.12. The quantitative estimate of drug-likeness (QED) is 0.758. The van der Waals surface area contributed by atoms with Crippen molar-refractivity contribution < 1.29 is 9.53 Å². The average molecular weight is 301 g/mol. The summed E-state index contributed by atoms with van der Waals surface area (Å²) in [7, 11) is 0. The van der Waals surface area contributed by atoms with E-state index in [1.165, 1.54) is 18.4 Å². The molecule has 1 atom stereocenters. The molecule has 0 bridgehead atoms. The molecule has 0 saturated heterocycles. The zero-order valence-electron chi connectivity index (χ0n) is 13.0. The van der Waals surface area contributed by atoms with Crippen molar-refractivity contribution in [2.75, 3.05) is 13.2 Å². The molecular weight excluding hydrogens is 278 g/mol. The van der Waals surface area contributed by atoms with Crippen LogP contribution < -0.4 is 5.73 Å². The van der Waals surface area contributed by atoms with Crippen LogP contribution in [0.15, 0.2) is 18.5 Å². The minimum absolute atomic E-state index is 0.128. The Morgan fingerprint density at radius 2 is 2.32 bits per heavy atom. The zero-order chi connectivity index (χ0) is 15.5. The van der Waals surface area contributed by atoms with Crippen molar-refractivity contribution >= 4 is 11.9 Å². The third-order valence-electron chi connectivity index (χ3n) is 4.17. The topological polar surface area (TPSA) is 69.6 Å². The van der Waals surface area contributed by atoms with Crippen LogP contribution >= 0.6 is 0 Å². The molecule has 2 heterocycles. The SMILES string of the molecule is CCOCC(C=O)Cc1cc(C2CC2)cn2cc(CN)nc12. The molecule has 5 nitrogen and oxygen atoms in total. The van der Waals surface area contributed by atoms with Crippen LogP contribution in [0.2, 0.25) is 0 Å². The number of fused-ring (bicyclic) bond motifs is 1. The van der Waals surface area contributed by atoms with E-state index in [0.717, 1.165) is 23.2 Å². The number of imidazole rings is 1. The highest BCUT2D eigenvalue weighted by molar-refractivity contribution is 5.58. The second-order valence-corrected chi connectivity index (χ2v) is 6.00. The molecule has 1 saturated carbocycles. The maximum atomic E-state index is 11.3. The van der Waals surface area contributed by atoms with Gasteiger partial charge in [0.25, 0.3) is 0 Å². The summed E-state index contributed by atoms with van der Waals surface area (Å²) in [6.45, 7) is 3.46. The number of aldehydes is 1. The molecule has 0 spiro atoms. The lowest BCUT2D eigenvalue weighted by Crippen LogP contribution is -2.15. The Morgan fingerprint density at radius 1 is 1.50 bits per heavy atom. The van der Waals surface area contributed by atoms with Crippen LogP contribution in [0.4, 0.5) is 0 Å². The third-order valence-corrected chi connectivity index (χ3v) is 4.17. The molecule has 118 valence electrons. The summed E-state index contributed by atoms with van der Waals surface area (Å²) < 4.78 is 7.47. The summed E-state index contributed by atoms with van der Waals surface area (Å²) in [4.78, 5) is 15.9. The van der Waals surface area contributed by atoms with E-state index in [4.69, 9.17) is 10.5 Å². The van der Waals surface area contributed by atoms with Crippen molar-refractivity contribution in [3.8, 4) is 0 Å². The highest BCUT2D eigenvalue weighted by atomic mass is 16.5. The molecule has 3 rings (SSSR count). The number of aromatic nitrogens is 2. The maximum Gasteiger partial charge on any atom is 0.140 e. The number of carbonyl (C=O) groups is 1. The first-order valence-corrected chi connectivity index (χ1v) is 7.98. The normalized spacial score (nSPS) is 16.1. The fourth-order valence-corrected chi connectivity index (χ4v) is 2.83. The van der Waals surface area contributed by atoms with E-state index in [0.29, 0.717) is 32.1 Å². The van der Waals surface area contributed by atoms with Crippen molar-refractivity contribution in [1.29, 1.82) is 0 Å². The van der Waals surface area contributed by atoms with Crippen molar-refractivity contribution in [2.24, 2.45) is 11.7 Å². The van der Waals surface area contributed by atoms with Gasteiger partial charge in [0.1, 0.15) is 11.9 Å². The van der Waals surface area contributed by atoms with Crippen LogP contribution in [-0.4, -0.2) is 28.9 Å². The number of nitrogens with two attached hydrogens (primary N) is 1. The number of hydrogen-bond acceptors (Lipinski definition) is 4. The third kappa shape index (κ3) is 3.20. The van der Waals surface area contributed by atoms with Gasteiger partial charge in [-0.3, -0.25) is 0 Å². The first-order valence-electron chi connectivity index (χ1n) is 7.98. The van der Waals surface area contributed by atoms with Crippen LogP contribution in [-0.2, 0) is 22.5 Å². The van der Waals surface area contributed by atoms with Gasteiger partial charge in [-0.05, 0) is 43.2 Å². The van der Waals surface area contributed by atoms with Crippen LogP contribution in [0.3, 0.4) is 0 Å². The first kappa shape index (κ1) is 15.2. The maximum absolute atomic E-state index is 11.3. The van der Waals surface area contributed by atoms with Gasteiger partial charge in [0.2, 0.25) is 0 Å². The van der Waals surface area contributed by atoms with Gasteiger partial charge in [-0.2, -0.15) is 0 Å². The molecule has 22 heavy (non-hydrogen) atoms. The number of ether oxygens (including phenoxy) is 1. The summed E-state index contributed by atoms with van der Waals surface area (Å²) in [6, 6.07) is 2.21. The molecule has 1 aliphatic rings. The van der Waals surface area contributed by atoms with E-state index in [1.54, 1.807) is 0 Å². The Hall–Kier alpha value is -1.72. The van der Waals surface area contributed by atoms with Crippen LogP contribution in [0.25, 0.3) is 5.65 Å². The first-order chi connectivity index (χ1) is 10.7. The van der Waals surface area contributed by atoms with Gasteiger partial charge < -0.3 is 19.7 Å². The van der Waals surface area contributed by atoms with Crippen LogP contribution in [0, 0.1) is 5.92 Å². The fraction of sp³-hybridized carbons (Fsp3) is 0.529. The number of nitrogens with zero attached hydrogens (tertiary/aromatic N) is 2. The lowest BCUT2D eigenvalue weighted by atomic mass is 10.00. The lowest BCUT2D eigenvalue weighted by molar-refractivity contribution is -0.112. The second kappa shape index (κ2) is 6.58. The van der Waals surface area contributed by atoms with Crippen molar-refractivity contribution in [3.63, 3.8) is 0 Å². The molecule has 1 unspecified atom stereocenters. The Labute approximate surface area is 130 Å². The van der Waals surface area contributed by atoms with Crippen molar-refractivity contribution in [3.05, 3.63) is 35.3 Å². The van der Waals surface area contributed by atoms with Crippen molar-refractivity contribution in [2.45, 2.75) is 38.6 Å². The number of hydrogen-bond donors (Lipinski definition) is 1. The van der Waals surface area contributed by atoms with Gasteiger partial charge in [-0.1, -0.05) is 6.07 Å². The summed E-state index contributed by atoms with van der Waals surface area (Å²) in [5.74, 6) is 0.532. The number of rotatable bonds is 8. The molecule has 2 aromatic rings. The molecule has 2 aromatic heterocycles. The van der Waals surface area contributed by atoms with Crippen molar-refractivity contribution in [1.82, 2.24) is 9.38 Å². The van der Waals surface area contributed by atoms with E-state index >= 15 is 0 Å². The summed E-state index contributed by atoms with van der Waals surface area (Å²) in [6.07, 6.45) is 8.29. The summed E-state index contributed by atoms with van der Waals surface area (Å²) in [5, 5.41) is 0. The highest BCUT2D eigenvalue weighted by Gasteiger charge is 2.25. The van der Waals surface area contributed by atoms with E-state index in [1.807, 2.05) is 13.1 Å². The molecule has 5 heteroatoms. The molecule has 0 radical (unpaired) electrons. The van der Waals surface area contributed by atoms with Gasteiger partial charge in [-0.15, -0.1) is 0 Å². The van der Waals surface area contributed by atoms with Gasteiger partial charge >= 0.3 is 0 Å². The molecule has 1 aliphatic carbocycles. The standard InChI is InChI=1S/C17H23N3O2/c1-2-22-11-12(10-21)5-14-6-15(13-3-4-13)8-20-9-16(7-18)19-17(14)20/h6,8-10,12-13H,2-5,7,11,18H2,1H3. The molecule has 2 N–H and O–H groups in total. The van der Waals surface area contributed by atoms with Gasteiger partial charge in [0, 0.05) is 31.5 Å². The molecule has 1 fully saturated rings. The largest absolute Gasteiger partial charge is 0.381 e. The average Bonchev–Trinajstić information content (AvgIpc) is 3.30. The Bertz CT molecular complexity index is 661. The number of pyridine rings is 1. The monoisotopic (exact) mass is 301 g/mol. The molecular formula is C17H23N3O2. The predicted octanol–water partition coefficient (Wildman–Crippen LogP) is 2.06. The van der Waals surface area contributed by atoms with Gasteiger partial charge in [-0.25, -0.2) is 4.98 Å². The van der Waals surface area contributed by atoms with Crippen LogP contribution in [0.1, 0.15) is 42.5 Å². The smallest absolute Gasteiger partial charge is 0.140 e. The summed E-state index contributed by atoms with van der Waals surface area (Å²) in [5.41, 5.74) is 9.95. The minimum Gasteiger partial charge on any atom is -0.381 e. The predicted molar refractivity (Wildman–Crippen MR) is 84.8 cm³/mol. The Morgan fingerprint density at radius 3 is 2.95 bits per heavy atom. The Balaban J connectivity index is 1.94. The van der Waals surface area contributed by atoms with E-state index in [2.05, 4.69) is 21.6 Å². The van der Waals surface area contributed by atoms with E-state index < -0.39 is 0 Å². The van der Waals surface area contributed by atoms with Gasteiger partial charge in [0.15, 0.2) is 0 Å². The van der Waals surface area contributed by atoms with E-state index in [-0.39, 0.29) is 5.92 Å². The van der Waals surface area contributed by atoms with Crippen LogP contribution in [0.5, 0.6) is 0 Å². The molecule has 0 amide bonds. The highest BCUT2D eigenvalue weighted by Crippen LogP contribution is 2.40. The number of carbonyl (C=O) groups excluding carboxylic acids is 1. The molecule has 0 aromatic carbocycles. The molecule has 0 aliphatic heterocycles. The Kier molecular flexibility index (Phi) is 4.55. The fourth-order valence-electron chi connectivity index (χ4n) is 2.83. The zero-order valence-corrected chi connectivity index (χ0v) is 13.0. The second-order valence-electron chi connectivity index (χ2n) is 6.00. The van der Waals surface area contributed by atoms with Gasteiger partial charge in [0.05, 0.1) is 12.3 Å².